The highest BCUT2D eigenvalue weighted by Crippen LogP contribution is 2.14. The Labute approximate surface area is 210 Å². The predicted molar refractivity (Wildman–Crippen MR) is 141 cm³/mol. The highest BCUT2D eigenvalue weighted by Gasteiger charge is 2.05. The number of anilines is 1. The molecule has 0 aliphatic rings. The number of hydrogen-bond donors (Lipinski definition) is 3. The highest BCUT2D eigenvalue weighted by molar-refractivity contribution is 14.0. The van der Waals surface area contributed by atoms with Crippen LogP contribution in [0.25, 0.3) is 0 Å². The van der Waals surface area contributed by atoms with Gasteiger partial charge in [-0.05, 0) is 37.1 Å². The number of carbonyl (C=O) groups is 1. The van der Waals surface area contributed by atoms with Gasteiger partial charge in [-0.15, -0.1) is 35.3 Å². The van der Waals surface area contributed by atoms with Gasteiger partial charge in [0.25, 0.3) is 0 Å². The Kier molecular flexibility index (Phi) is 11.2. The number of aliphatic imine (C=N–C) groups is 1. The number of hydrogen-bond acceptors (Lipinski definition) is 5. The van der Waals surface area contributed by atoms with Crippen molar-refractivity contribution in [1.29, 1.82) is 0 Å². The van der Waals surface area contributed by atoms with Gasteiger partial charge in [0, 0.05) is 48.7 Å². The first-order chi connectivity index (χ1) is 15.2. The highest BCUT2D eigenvalue weighted by atomic mass is 127. The SMILES string of the molecule is CCNC(=NCc1cccc(NC(=O)Cn2cccn2)c1)NCCc1ncc(CC)s1.I. The van der Waals surface area contributed by atoms with E-state index in [4.69, 9.17) is 0 Å². The molecule has 2 aromatic heterocycles. The molecule has 3 aromatic rings. The fourth-order valence-corrected chi connectivity index (χ4v) is 3.78. The molecule has 0 bridgehead atoms. The van der Waals surface area contributed by atoms with E-state index in [0.29, 0.717) is 6.54 Å². The Morgan fingerprint density at radius 2 is 2.09 bits per heavy atom. The zero-order chi connectivity index (χ0) is 21.9. The second-order valence-corrected chi connectivity index (χ2v) is 8.10. The van der Waals surface area contributed by atoms with E-state index in [1.807, 2.05) is 37.4 Å². The quantitative estimate of drug-likeness (QED) is 0.198. The van der Waals surface area contributed by atoms with Crippen LogP contribution in [0, 0.1) is 0 Å². The van der Waals surface area contributed by atoms with Gasteiger partial charge in [0.05, 0.1) is 11.6 Å². The summed E-state index contributed by atoms with van der Waals surface area (Å²) in [4.78, 5) is 22.6. The van der Waals surface area contributed by atoms with Crippen molar-refractivity contribution in [3.63, 3.8) is 0 Å². The predicted octanol–water partition coefficient (Wildman–Crippen LogP) is 3.46. The topological polar surface area (TPSA) is 96.2 Å². The molecule has 0 saturated carbocycles. The minimum Gasteiger partial charge on any atom is -0.357 e. The molecule has 0 radical (unpaired) electrons. The Morgan fingerprint density at radius 3 is 2.81 bits per heavy atom. The number of aromatic nitrogens is 3. The van der Waals surface area contributed by atoms with Crippen LogP contribution in [0.5, 0.6) is 0 Å². The van der Waals surface area contributed by atoms with E-state index in [-0.39, 0.29) is 36.4 Å². The van der Waals surface area contributed by atoms with Gasteiger partial charge in [-0.3, -0.25) is 9.48 Å². The third-order valence-corrected chi connectivity index (χ3v) is 5.62. The van der Waals surface area contributed by atoms with Crippen LogP contribution in [-0.4, -0.2) is 39.7 Å². The fraction of sp³-hybridized carbons (Fsp3) is 0.364. The summed E-state index contributed by atoms with van der Waals surface area (Å²) in [5.41, 5.74) is 1.76. The van der Waals surface area contributed by atoms with Crippen LogP contribution in [-0.2, 0) is 30.7 Å². The first-order valence-electron chi connectivity index (χ1n) is 10.5. The van der Waals surface area contributed by atoms with E-state index in [1.54, 1.807) is 34.5 Å². The molecule has 2 heterocycles. The molecule has 3 rings (SSSR count). The number of nitrogens with zero attached hydrogens (tertiary/aromatic N) is 4. The van der Waals surface area contributed by atoms with Crippen LogP contribution in [0.4, 0.5) is 5.69 Å². The van der Waals surface area contributed by atoms with Crippen LogP contribution >= 0.6 is 35.3 Å². The summed E-state index contributed by atoms with van der Waals surface area (Å²) in [6, 6.07) is 9.52. The summed E-state index contributed by atoms with van der Waals surface area (Å²) >= 11 is 1.76. The summed E-state index contributed by atoms with van der Waals surface area (Å²) in [5, 5.41) is 14.7. The number of benzene rings is 1. The lowest BCUT2D eigenvalue weighted by Crippen LogP contribution is -2.38. The lowest BCUT2D eigenvalue weighted by Gasteiger charge is -2.11. The lowest BCUT2D eigenvalue weighted by molar-refractivity contribution is -0.116. The fourth-order valence-electron chi connectivity index (χ4n) is 2.92. The zero-order valence-electron chi connectivity index (χ0n) is 18.4. The molecule has 1 amide bonds. The number of nitrogens with one attached hydrogen (secondary N) is 3. The van der Waals surface area contributed by atoms with E-state index in [1.165, 1.54) is 4.88 Å². The van der Waals surface area contributed by atoms with Gasteiger partial charge in [-0.1, -0.05) is 19.1 Å². The number of aryl methyl sites for hydroxylation is 1. The third kappa shape index (κ3) is 8.58. The number of halogens is 1. The number of rotatable bonds is 10. The minimum atomic E-state index is -0.118. The van der Waals surface area contributed by atoms with Crippen molar-refractivity contribution in [2.24, 2.45) is 4.99 Å². The molecule has 0 saturated heterocycles. The van der Waals surface area contributed by atoms with Crippen molar-refractivity contribution >= 4 is 52.9 Å². The molecule has 10 heteroatoms. The van der Waals surface area contributed by atoms with Crippen LogP contribution < -0.4 is 16.0 Å². The van der Waals surface area contributed by atoms with E-state index in [9.17, 15) is 4.79 Å². The second-order valence-electron chi connectivity index (χ2n) is 6.90. The zero-order valence-corrected chi connectivity index (χ0v) is 21.5. The van der Waals surface area contributed by atoms with Crippen molar-refractivity contribution in [2.45, 2.75) is 39.8 Å². The van der Waals surface area contributed by atoms with Gasteiger partial charge in [0.15, 0.2) is 5.96 Å². The smallest absolute Gasteiger partial charge is 0.246 e. The molecule has 32 heavy (non-hydrogen) atoms. The second kappa shape index (κ2) is 13.8. The van der Waals surface area contributed by atoms with Gasteiger partial charge in [-0.25, -0.2) is 9.98 Å². The van der Waals surface area contributed by atoms with Gasteiger partial charge in [0.1, 0.15) is 6.54 Å². The molecule has 8 nitrogen and oxygen atoms in total. The maximum absolute atomic E-state index is 12.2. The summed E-state index contributed by atoms with van der Waals surface area (Å²) in [7, 11) is 0. The third-order valence-electron chi connectivity index (χ3n) is 4.42. The monoisotopic (exact) mass is 567 g/mol. The maximum atomic E-state index is 12.2. The molecule has 0 atom stereocenters. The van der Waals surface area contributed by atoms with Crippen LogP contribution in [0.1, 0.15) is 29.3 Å². The molecule has 1 aromatic carbocycles. The van der Waals surface area contributed by atoms with E-state index >= 15 is 0 Å². The van der Waals surface area contributed by atoms with E-state index < -0.39 is 0 Å². The molecular formula is C22H30IN7OS. The standard InChI is InChI=1S/C22H29N7OS.HI/c1-3-19-15-25-21(31-19)9-11-24-22(23-4-2)26-14-17-7-5-8-18(13-17)28-20(30)16-29-12-6-10-27-29;/h5-8,10,12-13,15H,3-4,9,11,14,16H2,1-2H3,(H,28,30)(H2,23,24,26);1H. The average molecular weight is 568 g/mol. The molecule has 0 fully saturated rings. The summed E-state index contributed by atoms with van der Waals surface area (Å²) in [6.07, 6.45) is 7.27. The molecule has 0 aliphatic carbocycles. The van der Waals surface area contributed by atoms with Crippen molar-refractivity contribution in [3.05, 3.63) is 64.4 Å². The summed E-state index contributed by atoms with van der Waals surface area (Å²) in [6.45, 7) is 6.43. The molecule has 3 N–H and O–H groups in total. The minimum absolute atomic E-state index is 0. The number of thiazole rings is 1. The Hall–Kier alpha value is -2.47. The Bertz CT molecular complexity index is 988. The summed E-state index contributed by atoms with van der Waals surface area (Å²) in [5.74, 6) is 0.649. The van der Waals surface area contributed by atoms with Crippen molar-refractivity contribution in [2.75, 3.05) is 18.4 Å². The average Bonchev–Trinajstić information content (AvgIpc) is 3.44. The molecule has 0 unspecified atom stereocenters. The number of guanidine groups is 1. The van der Waals surface area contributed by atoms with Crippen LogP contribution in [0.2, 0.25) is 0 Å². The Morgan fingerprint density at radius 1 is 1.22 bits per heavy atom. The maximum Gasteiger partial charge on any atom is 0.246 e. The van der Waals surface area contributed by atoms with E-state index in [0.717, 1.165) is 48.1 Å². The van der Waals surface area contributed by atoms with Crippen molar-refractivity contribution in [1.82, 2.24) is 25.4 Å². The molecule has 0 aliphatic heterocycles. The molecular weight excluding hydrogens is 537 g/mol. The normalized spacial score (nSPS) is 11.0. The van der Waals surface area contributed by atoms with Gasteiger partial charge in [-0.2, -0.15) is 5.10 Å². The largest absolute Gasteiger partial charge is 0.357 e. The molecule has 172 valence electrons. The first kappa shape index (κ1) is 25.8. The van der Waals surface area contributed by atoms with Gasteiger partial charge in [0.2, 0.25) is 5.91 Å². The number of amides is 1. The molecule has 0 spiro atoms. The van der Waals surface area contributed by atoms with Gasteiger partial charge >= 0.3 is 0 Å². The first-order valence-corrected chi connectivity index (χ1v) is 11.3. The van der Waals surface area contributed by atoms with Gasteiger partial charge < -0.3 is 16.0 Å². The Balaban J connectivity index is 0.00000363. The van der Waals surface area contributed by atoms with Crippen LogP contribution in [0.15, 0.2) is 53.9 Å². The van der Waals surface area contributed by atoms with Crippen LogP contribution in [0.3, 0.4) is 0 Å². The number of carbonyl (C=O) groups excluding carboxylic acids is 1. The lowest BCUT2D eigenvalue weighted by atomic mass is 10.2. The van der Waals surface area contributed by atoms with Crippen molar-refractivity contribution in [3.8, 4) is 0 Å². The van der Waals surface area contributed by atoms with Crippen molar-refractivity contribution < 1.29 is 4.79 Å². The van der Waals surface area contributed by atoms with E-state index in [2.05, 4.69) is 37.9 Å². The summed E-state index contributed by atoms with van der Waals surface area (Å²) < 4.78 is 1.59.